The van der Waals surface area contributed by atoms with E-state index in [1.165, 1.54) is 10.5 Å². The van der Waals surface area contributed by atoms with Crippen molar-refractivity contribution in [2.24, 2.45) is 5.92 Å². The molecule has 22 heavy (non-hydrogen) atoms. The topological polar surface area (TPSA) is 15.3 Å². The maximum atomic E-state index is 14.0. The van der Waals surface area contributed by atoms with Crippen LogP contribution >= 0.6 is 0 Å². The summed E-state index contributed by atoms with van der Waals surface area (Å²) in [7, 11) is 0. The molecule has 5 heteroatoms. The highest BCUT2D eigenvalue weighted by Gasteiger charge is 2.60. The molecule has 2 fully saturated rings. The molecule has 1 spiro atoms. The number of hydrogen-bond acceptors (Lipinski definition) is 2. The minimum Gasteiger partial charge on any atom is -0.335 e. The third-order valence-corrected chi connectivity index (χ3v) is 5.05. The van der Waals surface area contributed by atoms with E-state index in [9.17, 15) is 13.2 Å². The van der Waals surface area contributed by atoms with E-state index in [0.717, 1.165) is 19.3 Å². The lowest BCUT2D eigenvalue weighted by molar-refractivity contribution is 0.0940. The van der Waals surface area contributed by atoms with Crippen LogP contribution in [0, 0.1) is 5.92 Å². The Hall–Kier alpha value is -1.49. The summed E-state index contributed by atoms with van der Waals surface area (Å²) in [6, 6.07) is 10.0. The third kappa shape index (κ3) is 2.74. The maximum Gasteiger partial charge on any atom is 0.322 e. The number of nitrogens with one attached hydrogen (secondary N) is 1. The van der Waals surface area contributed by atoms with Crippen LogP contribution in [0.15, 0.2) is 42.4 Å². The largest absolute Gasteiger partial charge is 0.335 e. The molecule has 3 atom stereocenters. The lowest BCUT2D eigenvalue weighted by Gasteiger charge is -2.41. The summed E-state index contributed by atoms with van der Waals surface area (Å²) in [6.07, 6.45) is 0.154. The summed E-state index contributed by atoms with van der Waals surface area (Å²) < 4.78 is 39.6. The van der Waals surface area contributed by atoms with Crippen LogP contribution in [0.25, 0.3) is 0 Å². The molecule has 3 rings (SSSR count). The van der Waals surface area contributed by atoms with Crippen LogP contribution in [0.3, 0.4) is 0 Å². The molecule has 2 nitrogen and oxygen atoms in total. The van der Waals surface area contributed by atoms with Gasteiger partial charge in [0.1, 0.15) is 0 Å². The van der Waals surface area contributed by atoms with E-state index in [0.29, 0.717) is 13.1 Å². The first kappa shape index (κ1) is 15.4. The summed E-state index contributed by atoms with van der Waals surface area (Å²) in [4.78, 5) is 1.32. The smallest absolute Gasteiger partial charge is 0.322 e. The quantitative estimate of drug-likeness (QED) is 0.853. The number of benzene rings is 1. The second-order valence-electron chi connectivity index (χ2n) is 6.34. The summed E-state index contributed by atoms with van der Waals surface area (Å²) in [5, 5.41) is 3.39. The Balaban J connectivity index is 1.78. The normalized spacial score (nSPS) is 30.5. The Bertz CT molecular complexity index is 556. The molecule has 120 valence electrons. The van der Waals surface area contributed by atoms with E-state index in [-0.39, 0.29) is 12.0 Å². The zero-order chi connectivity index (χ0) is 15.7. The van der Waals surface area contributed by atoms with Crippen molar-refractivity contribution in [1.82, 2.24) is 10.2 Å². The molecule has 1 aliphatic heterocycles. The first-order valence-corrected chi connectivity index (χ1v) is 7.82. The van der Waals surface area contributed by atoms with Crippen molar-refractivity contribution in [3.05, 3.63) is 47.9 Å². The number of rotatable bonds is 4. The number of nitrogens with zero attached hydrogens (tertiary/aromatic N) is 1. The highest BCUT2D eigenvalue weighted by molar-refractivity contribution is 5.25. The Morgan fingerprint density at radius 2 is 2.00 bits per heavy atom. The molecule has 1 aromatic rings. The fraction of sp³-hybridized carbons (Fsp3) is 0.529. The van der Waals surface area contributed by atoms with Gasteiger partial charge in [-0.25, -0.2) is 0 Å². The summed E-state index contributed by atoms with van der Waals surface area (Å²) in [6.45, 7) is 2.87. The average molecular weight is 310 g/mol. The fourth-order valence-electron chi connectivity index (χ4n) is 3.61. The predicted molar refractivity (Wildman–Crippen MR) is 80.1 cm³/mol. The fourth-order valence-corrected chi connectivity index (χ4v) is 3.61. The number of hydrogen-bond donors (Lipinski definition) is 1. The molecule has 1 N–H and O–H groups in total. The van der Waals surface area contributed by atoms with Gasteiger partial charge in [0.2, 0.25) is 0 Å². The minimum absolute atomic E-state index is 0.0636. The first-order valence-electron chi connectivity index (χ1n) is 7.82. The van der Waals surface area contributed by atoms with Gasteiger partial charge in [0.25, 0.3) is 5.95 Å². The zero-order valence-corrected chi connectivity index (χ0v) is 12.7. The Kier molecular flexibility index (Phi) is 4.17. The summed E-state index contributed by atoms with van der Waals surface area (Å²) in [5.74, 6) is -1.12. The van der Waals surface area contributed by atoms with Gasteiger partial charge in [-0.1, -0.05) is 37.3 Å². The SMILES string of the molecule is CCC1CN(C(F)=C(F)F)C2(CN1)CC2Cc1ccccc1. The van der Waals surface area contributed by atoms with Gasteiger partial charge in [-0.15, -0.1) is 0 Å². The van der Waals surface area contributed by atoms with Gasteiger partial charge in [0.05, 0.1) is 5.54 Å². The molecule has 0 aromatic heterocycles. The van der Waals surface area contributed by atoms with Crippen LogP contribution in [0.2, 0.25) is 0 Å². The van der Waals surface area contributed by atoms with Gasteiger partial charge in [-0.2, -0.15) is 13.2 Å². The van der Waals surface area contributed by atoms with E-state index in [1.54, 1.807) is 0 Å². The van der Waals surface area contributed by atoms with Crippen LogP contribution < -0.4 is 5.32 Å². The highest BCUT2D eigenvalue weighted by atomic mass is 19.3. The Morgan fingerprint density at radius 1 is 1.27 bits per heavy atom. The van der Waals surface area contributed by atoms with Crippen molar-refractivity contribution in [1.29, 1.82) is 0 Å². The van der Waals surface area contributed by atoms with Crippen molar-refractivity contribution in [3.8, 4) is 0 Å². The lowest BCUT2D eigenvalue weighted by atomic mass is 10.00. The van der Waals surface area contributed by atoms with Crippen LogP contribution in [0.4, 0.5) is 13.2 Å². The van der Waals surface area contributed by atoms with Gasteiger partial charge < -0.3 is 10.2 Å². The standard InChI is InChI=1S/C17H21F3N2/c1-2-14-10-22(16(20)15(18)19)17(11-21-14)9-13(17)8-12-6-4-3-5-7-12/h3-7,13-14,21H,2,8-11H2,1H3. The highest BCUT2D eigenvalue weighted by Crippen LogP contribution is 2.53. The molecule has 1 saturated heterocycles. The van der Waals surface area contributed by atoms with E-state index in [4.69, 9.17) is 0 Å². The molecular weight excluding hydrogens is 289 g/mol. The molecule has 3 unspecified atom stereocenters. The molecule has 2 aliphatic rings. The molecule has 0 bridgehead atoms. The zero-order valence-electron chi connectivity index (χ0n) is 12.7. The minimum atomic E-state index is -2.21. The van der Waals surface area contributed by atoms with Crippen LogP contribution in [-0.4, -0.2) is 29.6 Å². The van der Waals surface area contributed by atoms with Crippen LogP contribution in [-0.2, 0) is 6.42 Å². The van der Waals surface area contributed by atoms with Gasteiger partial charge in [0, 0.05) is 19.1 Å². The van der Waals surface area contributed by atoms with Gasteiger partial charge >= 0.3 is 6.08 Å². The van der Waals surface area contributed by atoms with E-state index in [1.807, 2.05) is 37.3 Å². The van der Waals surface area contributed by atoms with Crippen molar-refractivity contribution >= 4 is 0 Å². The second-order valence-corrected chi connectivity index (χ2v) is 6.34. The molecule has 0 amide bonds. The first-order chi connectivity index (χ1) is 10.6. The maximum absolute atomic E-state index is 14.0. The van der Waals surface area contributed by atoms with E-state index >= 15 is 0 Å². The monoisotopic (exact) mass is 310 g/mol. The van der Waals surface area contributed by atoms with Crippen LogP contribution in [0.1, 0.15) is 25.3 Å². The predicted octanol–water partition coefficient (Wildman–Crippen LogP) is 3.71. The third-order valence-electron chi connectivity index (χ3n) is 5.05. The van der Waals surface area contributed by atoms with Crippen molar-refractivity contribution in [2.45, 2.75) is 37.8 Å². The van der Waals surface area contributed by atoms with Crippen LogP contribution in [0.5, 0.6) is 0 Å². The van der Waals surface area contributed by atoms with Gasteiger partial charge in [-0.3, -0.25) is 0 Å². The Labute approximate surface area is 129 Å². The summed E-state index contributed by atoms with van der Waals surface area (Å²) in [5.41, 5.74) is 0.682. The van der Waals surface area contributed by atoms with E-state index in [2.05, 4.69) is 5.32 Å². The molecular formula is C17H21F3N2. The second kappa shape index (κ2) is 5.95. The Morgan fingerprint density at radius 3 is 2.64 bits per heavy atom. The molecule has 1 saturated carbocycles. The van der Waals surface area contributed by atoms with Crippen molar-refractivity contribution < 1.29 is 13.2 Å². The van der Waals surface area contributed by atoms with Gasteiger partial charge in [-0.05, 0) is 30.7 Å². The molecule has 1 heterocycles. The average Bonchev–Trinajstić information content (AvgIpc) is 3.20. The van der Waals surface area contributed by atoms with Gasteiger partial charge in [0.15, 0.2) is 0 Å². The van der Waals surface area contributed by atoms with Crippen molar-refractivity contribution in [2.75, 3.05) is 13.1 Å². The van der Waals surface area contributed by atoms with E-state index < -0.39 is 17.6 Å². The molecule has 1 aromatic carbocycles. The van der Waals surface area contributed by atoms with Crippen molar-refractivity contribution in [3.63, 3.8) is 0 Å². The molecule has 1 aliphatic carbocycles. The lowest BCUT2D eigenvalue weighted by Crippen LogP contribution is -2.58. The number of halogens is 3. The summed E-state index contributed by atoms with van der Waals surface area (Å²) >= 11 is 0. The number of piperazine rings is 1. The molecule has 0 radical (unpaired) electrons.